The molecule has 0 amide bonds. The summed E-state index contributed by atoms with van der Waals surface area (Å²) in [7, 11) is 1.68. The van der Waals surface area contributed by atoms with Crippen molar-refractivity contribution < 1.29 is 4.74 Å². The predicted octanol–water partition coefficient (Wildman–Crippen LogP) is 2.84. The summed E-state index contributed by atoms with van der Waals surface area (Å²) in [5.41, 5.74) is 2.34. The molecule has 4 heteroatoms. The maximum Gasteiger partial charge on any atom is 0.119 e. The van der Waals surface area contributed by atoms with Gasteiger partial charge >= 0.3 is 0 Å². The van der Waals surface area contributed by atoms with E-state index in [0.29, 0.717) is 0 Å². The largest absolute Gasteiger partial charge is 0.497 e. The number of aromatic nitrogens is 2. The molecule has 19 heavy (non-hydrogen) atoms. The van der Waals surface area contributed by atoms with Gasteiger partial charge < -0.3 is 10.1 Å². The van der Waals surface area contributed by atoms with E-state index < -0.39 is 0 Å². The van der Waals surface area contributed by atoms with Crippen LogP contribution in [0.25, 0.3) is 6.20 Å². The molecule has 1 aromatic heterocycles. The molecule has 0 radical (unpaired) electrons. The van der Waals surface area contributed by atoms with Crippen LogP contribution in [0.5, 0.6) is 5.75 Å². The summed E-state index contributed by atoms with van der Waals surface area (Å²) in [6, 6.07) is 8.34. The molecule has 100 valence electrons. The van der Waals surface area contributed by atoms with E-state index in [4.69, 9.17) is 4.74 Å². The summed E-state index contributed by atoms with van der Waals surface area (Å²) in [5, 5.41) is 7.61. The molecule has 0 bridgehead atoms. The van der Waals surface area contributed by atoms with Crippen molar-refractivity contribution in [2.75, 3.05) is 7.11 Å². The molecule has 1 N–H and O–H groups in total. The molecule has 1 aromatic carbocycles. The molecule has 1 heterocycles. The van der Waals surface area contributed by atoms with Crippen molar-refractivity contribution in [2.24, 2.45) is 0 Å². The summed E-state index contributed by atoms with van der Waals surface area (Å²) in [5.74, 6) is 0.880. The second-order valence-electron chi connectivity index (χ2n) is 4.39. The quantitative estimate of drug-likeness (QED) is 0.865. The van der Waals surface area contributed by atoms with Crippen LogP contribution in [0, 0.1) is 0 Å². The fraction of sp³-hybridized carbons (Fsp3) is 0.267. The third kappa shape index (κ3) is 3.45. The molecule has 0 fully saturated rings. The fourth-order valence-corrected chi connectivity index (χ4v) is 1.87. The maximum atomic E-state index is 5.23. The van der Waals surface area contributed by atoms with Gasteiger partial charge in [-0.2, -0.15) is 5.10 Å². The van der Waals surface area contributed by atoms with E-state index in [9.17, 15) is 0 Å². The number of benzene rings is 1. The molecule has 1 atom stereocenters. The topological polar surface area (TPSA) is 39.1 Å². The summed E-state index contributed by atoms with van der Waals surface area (Å²) in [4.78, 5) is 0. The minimum Gasteiger partial charge on any atom is -0.497 e. The van der Waals surface area contributed by atoms with Crippen LogP contribution in [0.3, 0.4) is 0 Å². The van der Waals surface area contributed by atoms with Crippen LogP contribution in [0.4, 0.5) is 0 Å². The Labute approximate surface area is 113 Å². The number of ether oxygens (including phenoxy) is 1. The molecule has 2 aromatic rings. The average molecular weight is 257 g/mol. The smallest absolute Gasteiger partial charge is 0.119 e. The molecule has 0 saturated heterocycles. The van der Waals surface area contributed by atoms with Crippen molar-refractivity contribution in [2.45, 2.75) is 19.5 Å². The maximum absolute atomic E-state index is 5.23. The molecular weight excluding hydrogens is 238 g/mol. The van der Waals surface area contributed by atoms with Gasteiger partial charge in [-0.15, -0.1) is 0 Å². The van der Waals surface area contributed by atoms with Gasteiger partial charge in [0.2, 0.25) is 0 Å². The van der Waals surface area contributed by atoms with E-state index in [2.05, 4.69) is 30.0 Å². The molecule has 4 nitrogen and oxygen atoms in total. The summed E-state index contributed by atoms with van der Waals surface area (Å²) in [6.45, 7) is 6.57. The molecule has 2 rings (SSSR count). The van der Waals surface area contributed by atoms with E-state index in [-0.39, 0.29) is 6.04 Å². The Morgan fingerprint density at radius 3 is 3.05 bits per heavy atom. The minimum atomic E-state index is 0.252. The lowest BCUT2D eigenvalue weighted by molar-refractivity contribution is 0.413. The second-order valence-corrected chi connectivity index (χ2v) is 4.39. The number of hydrogen-bond acceptors (Lipinski definition) is 3. The third-order valence-corrected chi connectivity index (χ3v) is 3.05. The van der Waals surface area contributed by atoms with E-state index in [1.165, 1.54) is 5.56 Å². The van der Waals surface area contributed by atoms with Gasteiger partial charge in [-0.1, -0.05) is 18.7 Å². The SMILES string of the molecule is C=Cn1cc(CNC(C)c2cccc(OC)c2)cn1. The highest BCUT2D eigenvalue weighted by molar-refractivity contribution is 5.30. The molecule has 0 saturated carbocycles. The Balaban J connectivity index is 1.96. The Morgan fingerprint density at radius 2 is 2.37 bits per heavy atom. The van der Waals surface area contributed by atoms with Crippen molar-refractivity contribution in [3.05, 3.63) is 54.4 Å². The van der Waals surface area contributed by atoms with Crippen molar-refractivity contribution in [1.29, 1.82) is 0 Å². The van der Waals surface area contributed by atoms with Crippen LogP contribution in [-0.2, 0) is 6.54 Å². The van der Waals surface area contributed by atoms with E-state index >= 15 is 0 Å². The molecule has 0 spiro atoms. The fourth-order valence-electron chi connectivity index (χ4n) is 1.87. The molecule has 0 aliphatic rings. The lowest BCUT2D eigenvalue weighted by Crippen LogP contribution is -2.17. The van der Waals surface area contributed by atoms with Gasteiger partial charge in [0, 0.05) is 30.5 Å². The number of nitrogens with one attached hydrogen (secondary N) is 1. The van der Waals surface area contributed by atoms with Gasteiger partial charge in [0.05, 0.1) is 13.3 Å². The third-order valence-electron chi connectivity index (χ3n) is 3.05. The highest BCUT2D eigenvalue weighted by Crippen LogP contribution is 2.19. The van der Waals surface area contributed by atoms with Crippen molar-refractivity contribution >= 4 is 6.20 Å². The van der Waals surface area contributed by atoms with E-state index in [1.54, 1.807) is 18.0 Å². The summed E-state index contributed by atoms with van der Waals surface area (Å²) < 4.78 is 6.94. The average Bonchev–Trinajstić information content (AvgIpc) is 2.93. The van der Waals surface area contributed by atoms with Crippen LogP contribution in [-0.4, -0.2) is 16.9 Å². The molecule has 0 aliphatic carbocycles. The standard InChI is InChI=1S/C15H19N3O/c1-4-18-11-13(10-17-18)9-16-12(2)14-6-5-7-15(8-14)19-3/h4-8,10-12,16H,1,9H2,2-3H3. The van der Waals surface area contributed by atoms with Crippen LogP contribution >= 0.6 is 0 Å². The van der Waals surface area contributed by atoms with Gasteiger partial charge in [0.25, 0.3) is 0 Å². The van der Waals surface area contributed by atoms with Crippen molar-refractivity contribution in [3.8, 4) is 5.75 Å². The zero-order valence-corrected chi connectivity index (χ0v) is 11.3. The highest BCUT2D eigenvalue weighted by Gasteiger charge is 2.06. The first-order valence-corrected chi connectivity index (χ1v) is 6.26. The van der Waals surface area contributed by atoms with Crippen LogP contribution in [0.2, 0.25) is 0 Å². The van der Waals surface area contributed by atoms with Crippen molar-refractivity contribution in [3.63, 3.8) is 0 Å². The zero-order valence-electron chi connectivity index (χ0n) is 11.3. The van der Waals surface area contributed by atoms with Crippen molar-refractivity contribution in [1.82, 2.24) is 15.1 Å². The number of rotatable bonds is 6. The first kappa shape index (κ1) is 13.4. The molecule has 1 unspecified atom stereocenters. The van der Waals surface area contributed by atoms with Gasteiger partial charge in [-0.05, 0) is 24.6 Å². The molecule has 0 aliphatic heterocycles. The van der Waals surface area contributed by atoms with E-state index in [1.807, 2.05) is 30.6 Å². The van der Waals surface area contributed by atoms with Gasteiger partial charge in [-0.25, -0.2) is 4.68 Å². The number of hydrogen-bond donors (Lipinski definition) is 1. The van der Waals surface area contributed by atoms with Crippen LogP contribution < -0.4 is 10.1 Å². The number of nitrogens with zero attached hydrogens (tertiary/aromatic N) is 2. The monoisotopic (exact) mass is 257 g/mol. The number of methoxy groups -OCH3 is 1. The van der Waals surface area contributed by atoms with Gasteiger partial charge in [0.1, 0.15) is 5.75 Å². The van der Waals surface area contributed by atoms with Gasteiger partial charge in [-0.3, -0.25) is 0 Å². The summed E-state index contributed by atoms with van der Waals surface area (Å²) in [6.07, 6.45) is 5.47. The lowest BCUT2D eigenvalue weighted by atomic mass is 10.1. The highest BCUT2D eigenvalue weighted by atomic mass is 16.5. The second kappa shape index (κ2) is 6.20. The normalized spacial score (nSPS) is 12.1. The predicted molar refractivity (Wildman–Crippen MR) is 76.9 cm³/mol. The zero-order chi connectivity index (χ0) is 13.7. The Hall–Kier alpha value is -2.07. The Kier molecular flexibility index (Phi) is 4.36. The van der Waals surface area contributed by atoms with E-state index in [0.717, 1.165) is 17.9 Å². The first-order chi connectivity index (χ1) is 9.22. The first-order valence-electron chi connectivity index (χ1n) is 6.26. The minimum absolute atomic E-state index is 0.252. The summed E-state index contributed by atoms with van der Waals surface area (Å²) >= 11 is 0. The van der Waals surface area contributed by atoms with Crippen LogP contribution in [0.15, 0.2) is 43.2 Å². The van der Waals surface area contributed by atoms with Gasteiger partial charge in [0.15, 0.2) is 0 Å². The van der Waals surface area contributed by atoms with Crippen LogP contribution in [0.1, 0.15) is 24.1 Å². The lowest BCUT2D eigenvalue weighted by Gasteiger charge is -2.14. The molecular formula is C15H19N3O. The Bertz CT molecular complexity index is 548. The Morgan fingerprint density at radius 1 is 1.53 bits per heavy atom.